The number of amides is 3. The van der Waals surface area contributed by atoms with Gasteiger partial charge in [-0.1, -0.05) is 0 Å². The van der Waals surface area contributed by atoms with Crippen LogP contribution < -0.4 is 30.1 Å². The SMILES string of the molecule is Cn1nc(N2CCC(=O)NC2=O)c2cc(F)c(N3CC4(CC(N5CCC6(CC5)CC(n5cnc7ccc(Oc8c(F)ccc(NSN9CC%10CC%10C9)c8C#N)cc7c5=O)CO6)C4)C3)cc21. The van der Waals surface area contributed by atoms with Gasteiger partial charge in [0.05, 0.1) is 52.4 Å². The predicted octanol–water partition coefficient (Wildman–Crippen LogP) is 6.06. The summed E-state index contributed by atoms with van der Waals surface area (Å²) in [5.74, 6) is 0.495. The number of halogens is 2. The molecule has 7 heterocycles. The van der Waals surface area contributed by atoms with Crippen LogP contribution in [0.4, 0.5) is 30.8 Å². The molecule has 336 valence electrons. The van der Waals surface area contributed by atoms with Crippen molar-refractivity contribution in [3.05, 3.63) is 76.3 Å². The third kappa shape index (κ3) is 6.98. The van der Waals surface area contributed by atoms with Crippen molar-refractivity contribution in [3.8, 4) is 17.6 Å². The largest absolute Gasteiger partial charge is 0.453 e. The summed E-state index contributed by atoms with van der Waals surface area (Å²) in [6, 6.07) is 12.8. The summed E-state index contributed by atoms with van der Waals surface area (Å²) in [5, 5.41) is 17.8. The number of benzene rings is 3. The molecule has 2 aliphatic carbocycles. The molecule has 0 radical (unpaired) electrons. The number of urea groups is 1. The van der Waals surface area contributed by atoms with E-state index >= 15 is 8.78 Å². The van der Waals surface area contributed by atoms with Gasteiger partial charge in [0.2, 0.25) is 5.91 Å². The van der Waals surface area contributed by atoms with Crippen molar-refractivity contribution in [2.45, 2.75) is 62.6 Å². The smallest absolute Gasteiger partial charge is 0.329 e. The Kier molecular flexibility index (Phi) is 9.46. The normalized spacial score (nSPS) is 24.9. The van der Waals surface area contributed by atoms with Crippen LogP contribution in [0, 0.1) is 40.2 Å². The average molecular weight is 904 g/mol. The number of rotatable bonds is 9. The summed E-state index contributed by atoms with van der Waals surface area (Å²) in [7, 11) is 1.77. The van der Waals surface area contributed by atoms with Crippen molar-refractivity contribution < 1.29 is 27.8 Å². The lowest BCUT2D eigenvalue weighted by molar-refractivity contribution is -0.120. The van der Waals surface area contributed by atoms with E-state index in [2.05, 4.69) is 40.3 Å². The van der Waals surface area contributed by atoms with Crippen molar-refractivity contribution in [2.24, 2.45) is 24.3 Å². The molecule has 3 amide bonds. The van der Waals surface area contributed by atoms with Crippen LogP contribution in [0.25, 0.3) is 21.8 Å². The zero-order valence-electron chi connectivity index (χ0n) is 35.8. The average Bonchev–Trinajstić information content (AvgIpc) is 3.51. The van der Waals surface area contributed by atoms with Crippen molar-refractivity contribution in [3.63, 3.8) is 0 Å². The molecule has 2 aromatic heterocycles. The van der Waals surface area contributed by atoms with Crippen LogP contribution in [0.15, 0.2) is 53.6 Å². The Balaban J connectivity index is 0.663. The summed E-state index contributed by atoms with van der Waals surface area (Å²) in [6.45, 7) is 5.92. The number of carbonyl (C=O) groups excluding carboxylic acids is 2. The van der Waals surface area contributed by atoms with Gasteiger partial charge in [-0.25, -0.2) is 22.9 Å². The standard InChI is InChI=1S/C46H47F2N11O5S/c1-54-38-15-39(35(48)14-32(38)42(52-54)58-9-6-40(60)51-44(58)62)56-23-45(24-56)16-28(17-45)55-10-7-46(8-11-55)18-29(22-63-46)59-25-50-36-4-2-30(13-31(36)43(59)61)64-41-33(19-49)37(5-3-34(41)47)53-65-57-20-26-12-27(26)21-57/h2-5,13-15,25-29,53H,6-12,16-18,20-24H2,1H3,(H,51,60,62). The van der Waals surface area contributed by atoms with Crippen LogP contribution in [-0.2, 0) is 16.6 Å². The molecule has 65 heavy (non-hydrogen) atoms. The van der Waals surface area contributed by atoms with Gasteiger partial charge in [0.25, 0.3) is 5.56 Å². The quantitative estimate of drug-likeness (QED) is 0.164. The Hall–Kier alpha value is -5.81. The molecule has 5 aliphatic heterocycles. The van der Waals surface area contributed by atoms with E-state index in [1.54, 1.807) is 46.9 Å². The van der Waals surface area contributed by atoms with Crippen LogP contribution in [0.5, 0.6) is 11.5 Å². The maximum absolute atomic E-state index is 15.7. The maximum atomic E-state index is 15.7. The van der Waals surface area contributed by atoms with E-state index in [1.165, 1.54) is 35.6 Å². The van der Waals surface area contributed by atoms with E-state index in [4.69, 9.17) is 9.47 Å². The highest BCUT2D eigenvalue weighted by Crippen LogP contribution is 2.53. The van der Waals surface area contributed by atoms with Crippen molar-refractivity contribution in [2.75, 3.05) is 66.9 Å². The first-order valence-corrected chi connectivity index (χ1v) is 23.2. The molecule has 7 fully saturated rings. The number of anilines is 3. The van der Waals surface area contributed by atoms with E-state index in [1.807, 2.05) is 6.07 Å². The molecule has 5 saturated heterocycles. The first-order chi connectivity index (χ1) is 31.4. The van der Waals surface area contributed by atoms with Crippen molar-refractivity contribution in [1.82, 2.24) is 33.9 Å². The molecule has 0 bridgehead atoms. The molecule has 16 nitrogen and oxygen atoms in total. The number of likely N-dealkylation sites (tertiary alicyclic amines) is 1. The zero-order chi connectivity index (χ0) is 44.4. The van der Waals surface area contributed by atoms with Gasteiger partial charge in [-0.05, 0) is 92.8 Å². The first-order valence-electron chi connectivity index (χ1n) is 22.4. The van der Waals surface area contributed by atoms with Gasteiger partial charge in [0.15, 0.2) is 17.4 Å². The van der Waals surface area contributed by atoms with Crippen LogP contribution in [0.2, 0.25) is 0 Å². The number of fused-ring (bicyclic) bond motifs is 3. The lowest BCUT2D eigenvalue weighted by atomic mass is 9.59. The topological polar surface area (TPSA) is 166 Å². The number of aromatic nitrogens is 4. The van der Waals surface area contributed by atoms with Crippen LogP contribution in [0.3, 0.4) is 0 Å². The Bertz CT molecular complexity index is 2910. The second-order valence-electron chi connectivity index (χ2n) is 19.3. The van der Waals surface area contributed by atoms with Gasteiger partial charge >= 0.3 is 6.03 Å². The van der Waals surface area contributed by atoms with Crippen molar-refractivity contribution in [1.29, 1.82) is 5.26 Å². The number of nitrogens with one attached hydrogen (secondary N) is 2. The molecule has 2 spiro atoms. The predicted molar refractivity (Wildman–Crippen MR) is 239 cm³/mol. The Labute approximate surface area is 376 Å². The molecule has 2 N–H and O–H groups in total. The number of hydrogen-bond acceptors (Lipinski definition) is 13. The summed E-state index contributed by atoms with van der Waals surface area (Å²) >= 11 is 1.42. The lowest BCUT2D eigenvalue weighted by Crippen LogP contribution is -2.67. The van der Waals surface area contributed by atoms with E-state index in [0.717, 1.165) is 82.3 Å². The number of carbonyl (C=O) groups is 2. The first kappa shape index (κ1) is 40.7. The number of aryl methyl sites for hydroxylation is 1. The fourth-order valence-corrected chi connectivity index (χ4v) is 12.4. The summed E-state index contributed by atoms with van der Waals surface area (Å²) in [5.41, 5.74) is 1.84. The third-order valence-corrected chi connectivity index (χ3v) is 16.0. The maximum Gasteiger partial charge on any atom is 0.329 e. The van der Waals surface area contributed by atoms with Crippen molar-refractivity contribution >= 4 is 63.1 Å². The molecule has 3 atom stereocenters. The summed E-state index contributed by atoms with van der Waals surface area (Å²) < 4.78 is 52.2. The fourth-order valence-electron chi connectivity index (χ4n) is 11.4. The zero-order valence-corrected chi connectivity index (χ0v) is 36.6. The van der Waals surface area contributed by atoms with Gasteiger partial charge in [-0.2, -0.15) is 10.4 Å². The van der Waals surface area contributed by atoms with E-state index in [9.17, 15) is 19.6 Å². The van der Waals surface area contributed by atoms with Gasteiger partial charge in [0.1, 0.15) is 23.2 Å². The second kappa shape index (κ2) is 15.1. The minimum Gasteiger partial charge on any atom is -0.453 e. The van der Waals surface area contributed by atoms with Crippen LogP contribution in [0.1, 0.15) is 56.6 Å². The number of hydrogen-bond donors (Lipinski definition) is 2. The summed E-state index contributed by atoms with van der Waals surface area (Å²) in [4.78, 5) is 48.9. The molecule has 5 aromatic rings. The second-order valence-corrected chi connectivity index (χ2v) is 20.2. The van der Waals surface area contributed by atoms with E-state index in [-0.39, 0.29) is 64.4 Å². The molecule has 12 rings (SSSR count). The van der Waals surface area contributed by atoms with Gasteiger partial charge in [-0.15, -0.1) is 0 Å². The monoisotopic (exact) mass is 903 g/mol. The number of ether oxygens (including phenoxy) is 2. The number of piperidine rings is 2. The highest BCUT2D eigenvalue weighted by Gasteiger charge is 2.55. The summed E-state index contributed by atoms with van der Waals surface area (Å²) in [6.07, 6.45) is 7.55. The highest BCUT2D eigenvalue weighted by molar-refractivity contribution is 7.98. The number of imide groups is 1. The Morgan fingerprint density at radius 2 is 1.77 bits per heavy atom. The fraction of sp³-hybridized carbons (Fsp3) is 0.478. The Morgan fingerprint density at radius 3 is 2.54 bits per heavy atom. The molecule has 3 unspecified atom stereocenters. The number of nitrogens with zero attached hydrogens (tertiary/aromatic N) is 9. The van der Waals surface area contributed by atoms with E-state index in [0.29, 0.717) is 52.6 Å². The molecule has 19 heteroatoms. The van der Waals surface area contributed by atoms with Gasteiger partial charge < -0.3 is 24.0 Å². The molecular weight excluding hydrogens is 857 g/mol. The molecular formula is C46H47F2N11O5S. The minimum atomic E-state index is -0.675. The molecule has 3 aromatic carbocycles. The van der Waals surface area contributed by atoms with Crippen LogP contribution in [-0.4, -0.2) is 105 Å². The molecule has 2 saturated carbocycles. The Morgan fingerprint density at radius 1 is 0.969 bits per heavy atom. The van der Waals surface area contributed by atoms with Crippen LogP contribution >= 0.6 is 12.1 Å². The highest BCUT2D eigenvalue weighted by atomic mass is 32.2. The molecule has 7 aliphatic rings. The number of nitriles is 1. The van der Waals surface area contributed by atoms with Gasteiger partial charge in [0, 0.05) is 88.3 Å². The lowest BCUT2D eigenvalue weighted by Gasteiger charge is -2.62. The third-order valence-electron chi connectivity index (χ3n) is 15.2. The van der Waals surface area contributed by atoms with E-state index < -0.39 is 11.8 Å². The van der Waals surface area contributed by atoms with Gasteiger partial charge in [-0.3, -0.25) is 29.1 Å². The minimum absolute atomic E-state index is 0.0489.